The quantitative estimate of drug-likeness (QED) is 0.790. The van der Waals surface area contributed by atoms with Crippen LogP contribution in [-0.2, 0) is 9.53 Å². The van der Waals surface area contributed by atoms with Crippen LogP contribution < -0.4 is 5.32 Å². The van der Waals surface area contributed by atoms with Crippen molar-refractivity contribution in [1.29, 1.82) is 0 Å². The Kier molecular flexibility index (Phi) is 8.21. The van der Waals surface area contributed by atoms with E-state index >= 15 is 0 Å². The molecule has 1 heterocycles. The van der Waals surface area contributed by atoms with E-state index < -0.39 is 0 Å². The fourth-order valence-electron chi connectivity index (χ4n) is 1.72. The fraction of sp³-hybridized carbons (Fsp3) is 0.917. The average molecular weight is 230 g/mol. The summed E-state index contributed by atoms with van der Waals surface area (Å²) in [4.78, 5) is 13.8. The molecule has 1 rings (SSSR count). The standard InChI is InChI=1S/C10H20N2O2.C2H6/c1-8(2)10(13)12-5-4-11-6-9(12)7-14-3;1-2/h8-9,11H,4-7H2,1-3H3;1-2H3. The molecule has 0 aliphatic carbocycles. The summed E-state index contributed by atoms with van der Waals surface area (Å²) in [6.07, 6.45) is 0. The molecule has 1 fully saturated rings. The van der Waals surface area contributed by atoms with E-state index in [2.05, 4.69) is 5.32 Å². The molecule has 0 saturated carbocycles. The Bertz CT molecular complexity index is 193. The van der Waals surface area contributed by atoms with Crippen LogP contribution in [0.25, 0.3) is 0 Å². The van der Waals surface area contributed by atoms with Gasteiger partial charge in [-0.2, -0.15) is 0 Å². The van der Waals surface area contributed by atoms with Crippen LogP contribution in [0.15, 0.2) is 0 Å². The molecule has 1 aliphatic heterocycles. The Balaban J connectivity index is 0.00000106. The van der Waals surface area contributed by atoms with Gasteiger partial charge in [0.05, 0.1) is 12.6 Å². The predicted octanol–water partition coefficient (Wildman–Crippen LogP) is 1.12. The van der Waals surface area contributed by atoms with Crippen LogP contribution >= 0.6 is 0 Å². The highest BCUT2D eigenvalue weighted by molar-refractivity contribution is 5.78. The number of methoxy groups -OCH3 is 1. The van der Waals surface area contributed by atoms with Gasteiger partial charge in [0.2, 0.25) is 5.91 Å². The minimum absolute atomic E-state index is 0.0763. The van der Waals surface area contributed by atoms with E-state index in [-0.39, 0.29) is 17.9 Å². The Morgan fingerprint density at radius 3 is 2.62 bits per heavy atom. The maximum Gasteiger partial charge on any atom is 0.225 e. The highest BCUT2D eigenvalue weighted by Crippen LogP contribution is 2.09. The minimum atomic E-state index is 0.0763. The van der Waals surface area contributed by atoms with E-state index in [1.54, 1.807) is 7.11 Å². The molecule has 0 aromatic heterocycles. The molecular weight excluding hydrogens is 204 g/mol. The van der Waals surface area contributed by atoms with Crippen molar-refractivity contribution in [3.63, 3.8) is 0 Å². The van der Waals surface area contributed by atoms with Crippen LogP contribution in [0.1, 0.15) is 27.7 Å². The molecule has 0 radical (unpaired) electrons. The second-order valence-electron chi connectivity index (χ2n) is 4.00. The summed E-state index contributed by atoms with van der Waals surface area (Å²) in [5.41, 5.74) is 0. The number of hydrogen-bond donors (Lipinski definition) is 1. The van der Waals surface area contributed by atoms with Crippen molar-refractivity contribution in [3.8, 4) is 0 Å². The first-order valence-electron chi connectivity index (χ1n) is 6.17. The summed E-state index contributed by atoms with van der Waals surface area (Å²) in [5.74, 6) is 0.306. The number of piperazine rings is 1. The topological polar surface area (TPSA) is 41.6 Å². The zero-order chi connectivity index (χ0) is 12.6. The van der Waals surface area contributed by atoms with Crippen LogP contribution in [0.5, 0.6) is 0 Å². The molecule has 1 amide bonds. The lowest BCUT2D eigenvalue weighted by atomic mass is 10.1. The van der Waals surface area contributed by atoms with E-state index in [4.69, 9.17) is 4.74 Å². The first-order valence-corrected chi connectivity index (χ1v) is 6.17. The number of nitrogens with zero attached hydrogens (tertiary/aromatic N) is 1. The Morgan fingerprint density at radius 1 is 1.50 bits per heavy atom. The molecule has 0 bridgehead atoms. The zero-order valence-corrected chi connectivity index (χ0v) is 11.2. The third-order valence-electron chi connectivity index (χ3n) is 2.49. The number of nitrogens with one attached hydrogen (secondary N) is 1. The van der Waals surface area contributed by atoms with Gasteiger partial charge in [-0.15, -0.1) is 0 Å². The zero-order valence-electron chi connectivity index (χ0n) is 11.2. The summed E-state index contributed by atoms with van der Waals surface area (Å²) in [7, 11) is 1.67. The number of ether oxygens (including phenoxy) is 1. The van der Waals surface area contributed by atoms with Crippen molar-refractivity contribution in [3.05, 3.63) is 0 Å². The van der Waals surface area contributed by atoms with Crippen LogP contribution in [0, 0.1) is 5.92 Å². The number of hydrogen-bond acceptors (Lipinski definition) is 3. The smallest absolute Gasteiger partial charge is 0.225 e. The first-order chi connectivity index (χ1) is 7.66. The van der Waals surface area contributed by atoms with E-state index in [9.17, 15) is 4.79 Å². The highest BCUT2D eigenvalue weighted by Gasteiger charge is 2.27. The SMILES string of the molecule is CC.COCC1CNCCN1C(=O)C(C)C. The average Bonchev–Trinajstić information content (AvgIpc) is 2.32. The molecule has 4 nitrogen and oxygen atoms in total. The molecule has 4 heteroatoms. The molecule has 1 aliphatic rings. The van der Waals surface area contributed by atoms with Crippen molar-refractivity contribution in [2.45, 2.75) is 33.7 Å². The van der Waals surface area contributed by atoms with Crippen molar-refractivity contribution in [1.82, 2.24) is 10.2 Å². The molecule has 1 unspecified atom stereocenters. The molecule has 1 N–H and O–H groups in total. The normalized spacial score (nSPS) is 20.4. The third kappa shape index (κ3) is 4.49. The Hall–Kier alpha value is -0.610. The largest absolute Gasteiger partial charge is 0.382 e. The van der Waals surface area contributed by atoms with Gasteiger partial charge in [-0.25, -0.2) is 0 Å². The molecular formula is C12H26N2O2. The minimum Gasteiger partial charge on any atom is -0.382 e. The molecule has 0 spiro atoms. The summed E-state index contributed by atoms with van der Waals surface area (Å²) in [6, 6.07) is 0.198. The molecule has 0 aromatic carbocycles. The lowest BCUT2D eigenvalue weighted by Gasteiger charge is -2.36. The lowest BCUT2D eigenvalue weighted by Crippen LogP contribution is -2.56. The van der Waals surface area contributed by atoms with E-state index in [1.807, 2.05) is 32.6 Å². The Labute approximate surface area is 99.3 Å². The summed E-state index contributed by atoms with van der Waals surface area (Å²) >= 11 is 0. The van der Waals surface area contributed by atoms with Gasteiger partial charge in [-0.3, -0.25) is 4.79 Å². The maximum atomic E-state index is 11.8. The summed E-state index contributed by atoms with van der Waals surface area (Å²) in [6.45, 7) is 11.0. The Morgan fingerprint density at radius 2 is 2.12 bits per heavy atom. The lowest BCUT2D eigenvalue weighted by molar-refractivity contribution is -0.138. The van der Waals surface area contributed by atoms with E-state index in [0.717, 1.165) is 19.6 Å². The summed E-state index contributed by atoms with van der Waals surface area (Å²) < 4.78 is 5.11. The van der Waals surface area contributed by atoms with Crippen molar-refractivity contribution < 1.29 is 9.53 Å². The predicted molar refractivity (Wildman–Crippen MR) is 66.4 cm³/mol. The molecule has 16 heavy (non-hydrogen) atoms. The second-order valence-corrected chi connectivity index (χ2v) is 4.00. The second kappa shape index (κ2) is 8.53. The van der Waals surface area contributed by atoms with Crippen molar-refractivity contribution >= 4 is 5.91 Å². The number of carbonyl (C=O) groups is 1. The van der Waals surface area contributed by atoms with Gasteiger partial charge >= 0.3 is 0 Å². The number of amides is 1. The van der Waals surface area contributed by atoms with Gasteiger partial charge in [0.1, 0.15) is 0 Å². The fourth-order valence-corrected chi connectivity index (χ4v) is 1.72. The van der Waals surface area contributed by atoms with Gasteiger partial charge in [-0.1, -0.05) is 27.7 Å². The first kappa shape index (κ1) is 15.4. The van der Waals surface area contributed by atoms with Gasteiger partial charge in [0, 0.05) is 32.7 Å². The molecule has 1 saturated heterocycles. The maximum absolute atomic E-state index is 11.8. The van der Waals surface area contributed by atoms with Crippen molar-refractivity contribution in [2.75, 3.05) is 33.4 Å². The van der Waals surface area contributed by atoms with Crippen LogP contribution in [0.2, 0.25) is 0 Å². The van der Waals surface area contributed by atoms with Gasteiger partial charge in [0.25, 0.3) is 0 Å². The molecule has 1 atom stereocenters. The van der Waals surface area contributed by atoms with Gasteiger partial charge < -0.3 is 15.0 Å². The summed E-state index contributed by atoms with van der Waals surface area (Å²) in [5, 5.41) is 3.27. The number of rotatable bonds is 3. The van der Waals surface area contributed by atoms with Crippen LogP contribution in [-0.4, -0.2) is 50.2 Å². The highest BCUT2D eigenvalue weighted by atomic mass is 16.5. The number of carbonyl (C=O) groups excluding carboxylic acids is 1. The van der Waals surface area contributed by atoms with Crippen LogP contribution in [0.3, 0.4) is 0 Å². The van der Waals surface area contributed by atoms with E-state index in [1.165, 1.54) is 0 Å². The van der Waals surface area contributed by atoms with Crippen molar-refractivity contribution in [2.24, 2.45) is 5.92 Å². The third-order valence-corrected chi connectivity index (χ3v) is 2.49. The molecule has 0 aromatic rings. The monoisotopic (exact) mass is 230 g/mol. The molecule has 96 valence electrons. The van der Waals surface area contributed by atoms with E-state index in [0.29, 0.717) is 6.61 Å². The van der Waals surface area contributed by atoms with Gasteiger partial charge in [-0.05, 0) is 0 Å². The van der Waals surface area contributed by atoms with Crippen LogP contribution in [0.4, 0.5) is 0 Å². The van der Waals surface area contributed by atoms with Gasteiger partial charge in [0.15, 0.2) is 0 Å².